The van der Waals surface area contributed by atoms with Gasteiger partial charge in [0.05, 0.1) is 23.0 Å². The number of hydrogen-bond acceptors (Lipinski definition) is 3. The Balaban J connectivity index is 2.20. The van der Waals surface area contributed by atoms with Gasteiger partial charge in [-0.25, -0.2) is 0 Å². The number of hydrogen-bond donors (Lipinski definition) is 1. The molecule has 2 rings (SSSR count). The van der Waals surface area contributed by atoms with Crippen LogP contribution in [0.5, 0.6) is 0 Å². The molecule has 1 N–H and O–H groups in total. The van der Waals surface area contributed by atoms with Crippen LogP contribution in [0.25, 0.3) is 0 Å². The monoisotopic (exact) mass is 333 g/mol. The van der Waals surface area contributed by atoms with E-state index in [4.69, 9.17) is 0 Å². The Morgan fingerprint density at radius 2 is 1.95 bits per heavy atom. The van der Waals surface area contributed by atoms with Crippen LogP contribution in [-0.4, -0.2) is 21.4 Å². The fourth-order valence-electron chi connectivity index (χ4n) is 1.91. The van der Waals surface area contributed by atoms with Crippen molar-refractivity contribution in [1.82, 2.24) is 15.5 Å². The second kappa shape index (κ2) is 6.61. The molecule has 0 fully saturated rings. The van der Waals surface area contributed by atoms with Crippen LogP contribution in [0.4, 0.5) is 0 Å². The highest BCUT2D eigenvalue weighted by Crippen LogP contribution is 2.16. The molecule has 0 aliphatic heterocycles. The lowest BCUT2D eigenvalue weighted by atomic mass is 10.1. The highest BCUT2D eigenvalue weighted by atomic mass is 79.9. The van der Waals surface area contributed by atoms with Crippen molar-refractivity contribution in [2.45, 2.75) is 19.9 Å². The topological polar surface area (TPSA) is 54.9 Å². The number of nitrogens with zero attached hydrogens (tertiary/aromatic N) is 2. The first kappa shape index (κ1) is 14.7. The van der Waals surface area contributed by atoms with Gasteiger partial charge < -0.3 is 5.32 Å². The Hall–Kier alpha value is -1.75. The number of carbonyl (C=O) groups excluding carboxylic acids is 1. The highest BCUT2D eigenvalue weighted by Gasteiger charge is 2.16. The van der Waals surface area contributed by atoms with Crippen molar-refractivity contribution < 1.29 is 4.79 Å². The molecule has 0 aliphatic carbocycles. The SMILES string of the molecule is Cc1cc(C(=O)NC(CBr)c2ccccc2)c(C)nn1. The van der Waals surface area contributed by atoms with E-state index in [1.165, 1.54) is 0 Å². The third-order valence-electron chi connectivity index (χ3n) is 3.01. The van der Waals surface area contributed by atoms with E-state index < -0.39 is 0 Å². The molecule has 1 amide bonds. The molecular weight excluding hydrogens is 318 g/mol. The molecule has 0 radical (unpaired) electrons. The summed E-state index contributed by atoms with van der Waals surface area (Å²) >= 11 is 3.44. The molecule has 1 aromatic heterocycles. The number of aromatic nitrogens is 2. The molecule has 4 nitrogen and oxygen atoms in total. The van der Waals surface area contributed by atoms with E-state index in [1.807, 2.05) is 37.3 Å². The van der Waals surface area contributed by atoms with Crippen molar-refractivity contribution in [2.24, 2.45) is 0 Å². The largest absolute Gasteiger partial charge is 0.344 e. The van der Waals surface area contributed by atoms with Crippen LogP contribution in [0.15, 0.2) is 36.4 Å². The smallest absolute Gasteiger partial charge is 0.253 e. The van der Waals surface area contributed by atoms with Gasteiger partial charge in [0.1, 0.15) is 0 Å². The van der Waals surface area contributed by atoms with Crippen LogP contribution in [0.3, 0.4) is 0 Å². The first-order valence-electron chi connectivity index (χ1n) is 6.34. The van der Waals surface area contributed by atoms with E-state index in [9.17, 15) is 4.79 Å². The molecule has 2 aromatic rings. The number of halogens is 1. The van der Waals surface area contributed by atoms with Crippen molar-refractivity contribution >= 4 is 21.8 Å². The predicted molar refractivity (Wildman–Crippen MR) is 81.9 cm³/mol. The van der Waals surface area contributed by atoms with Crippen LogP contribution in [0.2, 0.25) is 0 Å². The van der Waals surface area contributed by atoms with Crippen molar-refractivity contribution in [1.29, 1.82) is 0 Å². The maximum Gasteiger partial charge on any atom is 0.253 e. The Morgan fingerprint density at radius 3 is 2.60 bits per heavy atom. The third kappa shape index (κ3) is 3.42. The van der Waals surface area contributed by atoms with Gasteiger partial charge in [0.15, 0.2) is 0 Å². The molecule has 0 aliphatic rings. The summed E-state index contributed by atoms with van der Waals surface area (Å²) in [5, 5.41) is 11.6. The second-order valence-corrected chi connectivity index (χ2v) is 5.22. The summed E-state index contributed by atoms with van der Waals surface area (Å²) in [6.07, 6.45) is 0. The van der Waals surface area contributed by atoms with Gasteiger partial charge in [-0.2, -0.15) is 10.2 Å². The molecule has 1 heterocycles. The first-order valence-corrected chi connectivity index (χ1v) is 7.46. The summed E-state index contributed by atoms with van der Waals surface area (Å²) in [5.74, 6) is -0.131. The van der Waals surface area contributed by atoms with Crippen molar-refractivity contribution in [3.63, 3.8) is 0 Å². The molecule has 20 heavy (non-hydrogen) atoms. The summed E-state index contributed by atoms with van der Waals surface area (Å²) in [5.41, 5.74) is 3.00. The standard InChI is InChI=1S/C15H16BrN3O/c1-10-8-13(11(2)19-18-10)15(20)17-14(9-16)12-6-4-3-5-7-12/h3-8,14H,9H2,1-2H3,(H,17,20). The second-order valence-electron chi connectivity index (χ2n) is 4.58. The lowest BCUT2D eigenvalue weighted by Crippen LogP contribution is -2.30. The predicted octanol–water partition coefficient (Wildman–Crippen LogP) is 2.96. The minimum atomic E-state index is -0.131. The molecule has 104 valence electrons. The van der Waals surface area contributed by atoms with E-state index >= 15 is 0 Å². The molecule has 0 spiro atoms. The number of nitrogens with one attached hydrogen (secondary N) is 1. The molecular formula is C15H16BrN3O. The Bertz CT molecular complexity index is 601. The Labute approximate surface area is 126 Å². The maximum atomic E-state index is 12.4. The number of amides is 1. The number of aryl methyl sites for hydroxylation is 2. The van der Waals surface area contributed by atoms with Gasteiger partial charge >= 0.3 is 0 Å². The Morgan fingerprint density at radius 1 is 1.25 bits per heavy atom. The van der Waals surface area contributed by atoms with Gasteiger partial charge in [-0.1, -0.05) is 46.3 Å². The van der Waals surface area contributed by atoms with Gasteiger partial charge in [0.25, 0.3) is 5.91 Å². The summed E-state index contributed by atoms with van der Waals surface area (Å²) < 4.78 is 0. The zero-order chi connectivity index (χ0) is 14.5. The van der Waals surface area contributed by atoms with Gasteiger partial charge in [0, 0.05) is 5.33 Å². The first-order chi connectivity index (χ1) is 9.61. The molecule has 1 aromatic carbocycles. The average Bonchev–Trinajstić information content (AvgIpc) is 2.48. The quantitative estimate of drug-likeness (QED) is 0.875. The summed E-state index contributed by atoms with van der Waals surface area (Å²) in [6, 6.07) is 11.5. The van der Waals surface area contributed by atoms with Gasteiger partial charge in [-0.15, -0.1) is 0 Å². The number of benzene rings is 1. The molecule has 0 saturated carbocycles. The lowest BCUT2D eigenvalue weighted by molar-refractivity contribution is 0.0939. The lowest BCUT2D eigenvalue weighted by Gasteiger charge is -2.17. The van der Waals surface area contributed by atoms with Gasteiger partial charge in [-0.3, -0.25) is 4.79 Å². The number of rotatable bonds is 4. The average molecular weight is 334 g/mol. The third-order valence-corrected chi connectivity index (χ3v) is 3.65. The van der Waals surface area contributed by atoms with E-state index in [2.05, 4.69) is 31.4 Å². The van der Waals surface area contributed by atoms with E-state index in [-0.39, 0.29) is 11.9 Å². The van der Waals surface area contributed by atoms with Crippen molar-refractivity contribution in [3.05, 3.63) is 58.9 Å². The minimum Gasteiger partial charge on any atom is -0.344 e. The fraction of sp³-hybridized carbons (Fsp3) is 0.267. The summed E-state index contributed by atoms with van der Waals surface area (Å²) in [6.45, 7) is 3.61. The Kier molecular flexibility index (Phi) is 4.84. The van der Waals surface area contributed by atoms with E-state index in [0.717, 1.165) is 11.3 Å². The minimum absolute atomic E-state index is 0.0726. The zero-order valence-corrected chi connectivity index (χ0v) is 13.0. The van der Waals surface area contributed by atoms with Crippen LogP contribution in [0.1, 0.15) is 33.4 Å². The maximum absolute atomic E-state index is 12.4. The molecule has 0 bridgehead atoms. The van der Waals surface area contributed by atoms with Gasteiger partial charge in [0.2, 0.25) is 0 Å². The zero-order valence-electron chi connectivity index (χ0n) is 11.4. The summed E-state index contributed by atoms with van der Waals surface area (Å²) in [7, 11) is 0. The normalized spacial score (nSPS) is 11.9. The van der Waals surface area contributed by atoms with Crippen molar-refractivity contribution in [2.75, 3.05) is 5.33 Å². The molecule has 5 heteroatoms. The molecule has 1 unspecified atom stereocenters. The number of carbonyl (C=O) groups is 1. The van der Waals surface area contributed by atoms with Crippen LogP contribution in [0, 0.1) is 13.8 Å². The van der Waals surface area contributed by atoms with E-state index in [1.54, 1.807) is 13.0 Å². The number of alkyl halides is 1. The fourth-order valence-corrected chi connectivity index (χ4v) is 2.45. The van der Waals surface area contributed by atoms with Crippen LogP contribution >= 0.6 is 15.9 Å². The van der Waals surface area contributed by atoms with Crippen molar-refractivity contribution in [3.8, 4) is 0 Å². The summed E-state index contributed by atoms with van der Waals surface area (Å²) in [4.78, 5) is 12.4. The molecule has 1 atom stereocenters. The van der Waals surface area contributed by atoms with Crippen LogP contribution in [-0.2, 0) is 0 Å². The molecule has 0 saturated heterocycles. The van der Waals surface area contributed by atoms with E-state index in [0.29, 0.717) is 16.6 Å². The highest BCUT2D eigenvalue weighted by molar-refractivity contribution is 9.09. The van der Waals surface area contributed by atoms with Gasteiger partial charge in [-0.05, 0) is 25.5 Å². The van der Waals surface area contributed by atoms with Crippen LogP contribution < -0.4 is 5.32 Å².